The van der Waals surface area contributed by atoms with Gasteiger partial charge in [-0.15, -0.1) is 0 Å². The van der Waals surface area contributed by atoms with Crippen LogP contribution in [-0.4, -0.2) is 7.11 Å². The average molecular weight is 245 g/mol. The number of methoxy groups -OCH3 is 1. The van der Waals surface area contributed by atoms with E-state index in [9.17, 15) is 4.39 Å². The van der Waals surface area contributed by atoms with Crippen LogP contribution >= 0.6 is 0 Å². The second-order valence-corrected chi connectivity index (χ2v) is 4.18. The second kappa shape index (κ2) is 5.19. The van der Waals surface area contributed by atoms with E-state index in [1.54, 1.807) is 18.2 Å². The molecule has 0 aliphatic carbocycles. The number of nitrogens with two attached hydrogens (primary N) is 1. The number of aryl methyl sites for hydroxylation is 1. The molecular formula is C15H16FNO. The van der Waals surface area contributed by atoms with Crippen LogP contribution in [-0.2, 0) is 6.54 Å². The summed E-state index contributed by atoms with van der Waals surface area (Å²) in [6.45, 7) is 2.44. The molecular weight excluding hydrogens is 229 g/mol. The molecule has 0 spiro atoms. The van der Waals surface area contributed by atoms with E-state index in [1.807, 2.05) is 25.1 Å². The lowest BCUT2D eigenvalue weighted by Crippen LogP contribution is -1.98. The van der Waals surface area contributed by atoms with Crippen molar-refractivity contribution in [3.05, 3.63) is 53.3 Å². The molecule has 2 aromatic rings. The minimum Gasteiger partial charge on any atom is -0.494 e. The molecule has 0 unspecified atom stereocenters. The quantitative estimate of drug-likeness (QED) is 0.900. The van der Waals surface area contributed by atoms with E-state index in [1.165, 1.54) is 7.11 Å². The number of hydrogen-bond donors (Lipinski definition) is 1. The monoisotopic (exact) mass is 245 g/mol. The molecule has 0 fully saturated rings. The van der Waals surface area contributed by atoms with Crippen molar-refractivity contribution in [2.75, 3.05) is 7.11 Å². The van der Waals surface area contributed by atoms with Crippen LogP contribution in [0.5, 0.6) is 5.75 Å². The highest BCUT2D eigenvalue weighted by atomic mass is 19.1. The molecule has 0 aromatic heterocycles. The molecule has 0 aliphatic rings. The zero-order chi connectivity index (χ0) is 13.1. The van der Waals surface area contributed by atoms with Crippen molar-refractivity contribution in [1.29, 1.82) is 0 Å². The Bertz CT molecular complexity index is 566. The fraction of sp³-hybridized carbons (Fsp3) is 0.200. The van der Waals surface area contributed by atoms with Crippen LogP contribution in [0, 0.1) is 12.7 Å². The molecule has 2 rings (SSSR count). The molecule has 0 amide bonds. The predicted molar refractivity (Wildman–Crippen MR) is 71.0 cm³/mol. The average Bonchev–Trinajstić information content (AvgIpc) is 2.39. The van der Waals surface area contributed by atoms with Gasteiger partial charge in [0.15, 0.2) is 11.6 Å². The molecule has 0 saturated heterocycles. The van der Waals surface area contributed by atoms with Gasteiger partial charge in [0.05, 0.1) is 7.11 Å². The van der Waals surface area contributed by atoms with Gasteiger partial charge in [0.25, 0.3) is 0 Å². The number of rotatable bonds is 3. The number of ether oxygens (including phenoxy) is 1. The minimum absolute atomic E-state index is 0.259. The van der Waals surface area contributed by atoms with E-state index in [0.29, 0.717) is 12.1 Å². The molecule has 2 aromatic carbocycles. The summed E-state index contributed by atoms with van der Waals surface area (Å²) in [6.07, 6.45) is 0. The lowest BCUT2D eigenvalue weighted by atomic mass is 9.98. The lowest BCUT2D eigenvalue weighted by molar-refractivity contribution is 0.387. The molecule has 2 nitrogen and oxygen atoms in total. The molecule has 0 heterocycles. The van der Waals surface area contributed by atoms with Gasteiger partial charge >= 0.3 is 0 Å². The first-order valence-corrected chi connectivity index (χ1v) is 5.80. The van der Waals surface area contributed by atoms with Gasteiger partial charge < -0.3 is 10.5 Å². The SMILES string of the molecule is COc1cccc(-c2ccc(CN)cc2C)c1F. The third kappa shape index (κ3) is 2.22. The first-order valence-electron chi connectivity index (χ1n) is 5.80. The van der Waals surface area contributed by atoms with E-state index in [-0.39, 0.29) is 11.6 Å². The highest BCUT2D eigenvalue weighted by molar-refractivity contribution is 5.69. The van der Waals surface area contributed by atoms with Gasteiger partial charge in [0, 0.05) is 12.1 Å². The summed E-state index contributed by atoms with van der Waals surface area (Å²) in [7, 11) is 1.46. The van der Waals surface area contributed by atoms with Crippen LogP contribution in [0.25, 0.3) is 11.1 Å². The summed E-state index contributed by atoms with van der Waals surface area (Å²) in [5.74, 6) is -0.0709. The van der Waals surface area contributed by atoms with E-state index in [2.05, 4.69) is 0 Å². The molecule has 18 heavy (non-hydrogen) atoms. The van der Waals surface area contributed by atoms with Crippen molar-refractivity contribution < 1.29 is 9.13 Å². The third-order valence-electron chi connectivity index (χ3n) is 3.00. The predicted octanol–water partition coefficient (Wildman–Crippen LogP) is 3.27. The topological polar surface area (TPSA) is 35.2 Å². The van der Waals surface area contributed by atoms with Crippen molar-refractivity contribution in [3.63, 3.8) is 0 Å². The van der Waals surface area contributed by atoms with Crippen LogP contribution in [0.15, 0.2) is 36.4 Å². The van der Waals surface area contributed by atoms with Crippen molar-refractivity contribution in [2.45, 2.75) is 13.5 Å². The Morgan fingerprint density at radius 2 is 1.94 bits per heavy atom. The standard InChI is InChI=1S/C15H16FNO/c1-10-8-11(9-17)6-7-12(10)13-4-3-5-14(18-2)15(13)16/h3-8H,9,17H2,1-2H3. The van der Waals surface area contributed by atoms with Gasteiger partial charge in [0.1, 0.15) is 0 Å². The summed E-state index contributed by atoms with van der Waals surface area (Å²) in [6, 6.07) is 10.9. The maximum atomic E-state index is 14.2. The van der Waals surface area contributed by atoms with Crippen LogP contribution in [0.3, 0.4) is 0 Å². The number of hydrogen-bond acceptors (Lipinski definition) is 2. The van der Waals surface area contributed by atoms with Crippen LogP contribution in [0.4, 0.5) is 4.39 Å². The molecule has 0 saturated carbocycles. The van der Waals surface area contributed by atoms with Gasteiger partial charge in [-0.1, -0.05) is 30.3 Å². The van der Waals surface area contributed by atoms with Gasteiger partial charge in [-0.05, 0) is 29.7 Å². The van der Waals surface area contributed by atoms with E-state index >= 15 is 0 Å². The zero-order valence-corrected chi connectivity index (χ0v) is 10.5. The summed E-state index contributed by atoms with van der Waals surface area (Å²) < 4.78 is 19.2. The van der Waals surface area contributed by atoms with Crippen molar-refractivity contribution in [1.82, 2.24) is 0 Å². The Hall–Kier alpha value is -1.87. The van der Waals surface area contributed by atoms with E-state index < -0.39 is 0 Å². The van der Waals surface area contributed by atoms with Crippen molar-refractivity contribution in [2.24, 2.45) is 5.73 Å². The highest BCUT2D eigenvalue weighted by Crippen LogP contribution is 2.31. The fourth-order valence-corrected chi connectivity index (χ4v) is 2.03. The Morgan fingerprint density at radius 1 is 1.17 bits per heavy atom. The summed E-state index contributed by atoms with van der Waals surface area (Å²) in [5.41, 5.74) is 9.05. The zero-order valence-electron chi connectivity index (χ0n) is 10.5. The van der Waals surface area contributed by atoms with E-state index in [0.717, 1.165) is 16.7 Å². The minimum atomic E-state index is -0.330. The summed E-state index contributed by atoms with van der Waals surface area (Å²) >= 11 is 0. The molecule has 0 radical (unpaired) electrons. The van der Waals surface area contributed by atoms with Crippen LogP contribution in [0.2, 0.25) is 0 Å². The van der Waals surface area contributed by atoms with Gasteiger partial charge in [-0.2, -0.15) is 0 Å². The van der Waals surface area contributed by atoms with Gasteiger partial charge in [-0.3, -0.25) is 0 Å². The largest absolute Gasteiger partial charge is 0.494 e. The van der Waals surface area contributed by atoms with Gasteiger partial charge in [-0.25, -0.2) is 4.39 Å². The second-order valence-electron chi connectivity index (χ2n) is 4.18. The molecule has 3 heteroatoms. The van der Waals surface area contributed by atoms with Crippen LogP contribution < -0.4 is 10.5 Å². The summed E-state index contributed by atoms with van der Waals surface area (Å²) in [4.78, 5) is 0. The first kappa shape index (κ1) is 12.6. The molecule has 2 N–H and O–H groups in total. The lowest BCUT2D eigenvalue weighted by Gasteiger charge is -2.11. The highest BCUT2D eigenvalue weighted by Gasteiger charge is 2.12. The Morgan fingerprint density at radius 3 is 2.56 bits per heavy atom. The van der Waals surface area contributed by atoms with Gasteiger partial charge in [0.2, 0.25) is 0 Å². The van der Waals surface area contributed by atoms with Crippen molar-refractivity contribution in [3.8, 4) is 16.9 Å². The maximum absolute atomic E-state index is 14.2. The number of benzene rings is 2. The Kier molecular flexibility index (Phi) is 3.63. The fourth-order valence-electron chi connectivity index (χ4n) is 2.03. The smallest absolute Gasteiger partial charge is 0.172 e. The normalized spacial score (nSPS) is 10.4. The molecule has 0 atom stereocenters. The summed E-state index contributed by atoms with van der Waals surface area (Å²) in [5, 5.41) is 0. The molecule has 94 valence electrons. The number of halogens is 1. The Labute approximate surface area is 106 Å². The van der Waals surface area contributed by atoms with E-state index in [4.69, 9.17) is 10.5 Å². The maximum Gasteiger partial charge on any atom is 0.172 e. The Balaban J connectivity index is 2.55. The third-order valence-corrected chi connectivity index (χ3v) is 3.00. The molecule has 0 bridgehead atoms. The van der Waals surface area contributed by atoms with Crippen molar-refractivity contribution >= 4 is 0 Å². The van der Waals surface area contributed by atoms with Crippen LogP contribution in [0.1, 0.15) is 11.1 Å². The molecule has 0 aliphatic heterocycles. The first-order chi connectivity index (χ1) is 8.67.